The van der Waals surface area contributed by atoms with E-state index in [4.69, 9.17) is 17.0 Å². The van der Waals surface area contributed by atoms with Crippen LogP contribution in [0.2, 0.25) is 0 Å². The molecule has 5 atom stereocenters. The fourth-order valence-electron chi connectivity index (χ4n) is 5.57. The summed E-state index contributed by atoms with van der Waals surface area (Å²) in [6.45, 7) is 1.67. The fraction of sp³-hybridized carbons (Fsp3) is 0.700. The van der Waals surface area contributed by atoms with Gasteiger partial charge in [-0.15, -0.1) is 11.3 Å². The van der Waals surface area contributed by atoms with E-state index in [0.29, 0.717) is 12.3 Å². The van der Waals surface area contributed by atoms with Crippen molar-refractivity contribution in [2.24, 2.45) is 11.8 Å². The fourth-order valence-corrected chi connectivity index (χ4v) is 6.66. The van der Waals surface area contributed by atoms with Gasteiger partial charge in [0.25, 0.3) is 0 Å². The number of fused-ring (bicyclic) bond motifs is 2. The normalized spacial score (nSPS) is 36.3. The van der Waals surface area contributed by atoms with Crippen molar-refractivity contribution in [3.8, 4) is 0 Å². The zero-order valence-corrected chi connectivity index (χ0v) is 17.0. The molecule has 27 heavy (non-hydrogen) atoms. The molecule has 5 aliphatic rings. The first-order valence-corrected chi connectivity index (χ1v) is 11.4. The van der Waals surface area contributed by atoms with Gasteiger partial charge in [-0.3, -0.25) is 4.79 Å². The first-order valence-electron chi connectivity index (χ1n) is 10.1. The van der Waals surface area contributed by atoms with Gasteiger partial charge in [-0.25, -0.2) is 0 Å². The van der Waals surface area contributed by atoms with Crippen molar-refractivity contribution >= 4 is 34.6 Å². The Hall–Kier alpha value is -1.18. The number of esters is 1. The predicted octanol–water partition coefficient (Wildman–Crippen LogP) is 2.77. The van der Waals surface area contributed by atoms with Crippen molar-refractivity contribution in [2.45, 2.75) is 69.4 Å². The molecule has 5 nitrogen and oxygen atoms in total. The van der Waals surface area contributed by atoms with Crippen molar-refractivity contribution in [1.29, 1.82) is 0 Å². The Morgan fingerprint density at radius 2 is 2.04 bits per heavy atom. The maximum absolute atomic E-state index is 12.5. The van der Waals surface area contributed by atoms with Gasteiger partial charge in [-0.2, -0.15) is 0 Å². The summed E-state index contributed by atoms with van der Waals surface area (Å²) in [7, 11) is 0. The topological polar surface area (TPSA) is 53.0 Å². The van der Waals surface area contributed by atoms with Crippen LogP contribution in [0.15, 0.2) is 17.5 Å². The molecule has 1 aromatic heterocycles. The molecule has 7 heteroatoms. The van der Waals surface area contributed by atoms with Gasteiger partial charge >= 0.3 is 5.97 Å². The first-order chi connectivity index (χ1) is 13.1. The van der Waals surface area contributed by atoms with Gasteiger partial charge in [-0.1, -0.05) is 25.3 Å². The van der Waals surface area contributed by atoms with E-state index < -0.39 is 12.2 Å². The average molecular weight is 407 g/mol. The van der Waals surface area contributed by atoms with E-state index >= 15 is 0 Å². The summed E-state index contributed by atoms with van der Waals surface area (Å²) in [4.78, 5) is 18.3. The zero-order valence-electron chi connectivity index (χ0n) is 15.3. The van der Waals surface area contributed by atoms with Crippen LogP contribution in [0, 0.1) is 11.8 Å². The molecule has 5 fully saturated rings. The molecule has 4 heterocycles. The number of hydrogen-bond acceptors (Lipinski definition) is 5. The minimum absolute atomic E-state index is 0.0327. The summed E-state index contributed by atoms with van der Waals surface area (Å²) < 4.78 is 5.63. The second-order valence-electron chi connectivity index (χ2n) is 8.44. The predicted molar refractivity (Wildman–Crippen MR) is 107 cm³/mol. The Labute approximate surface area is 169 Å². The zero-order chi connectivity index (χ0) is 18.5. The van der Waals surface area contributed by atoms with E-state index in [-0.39, 0.29) is 24.0 Å². The number of thiophene rings is 1. The number of carbonyl (C=O) groups is 1. The highest BCUT2D eigenvalue weighted by Crippen LogP contribution is 2.45. The van der Waals surface area contributed by atoms with E-state index in [1.54, 1.807) is 11.3 Å². The lowest BCUT2D eigenvalue weighted by Gasteiger charge is -2.49. The standard InChI is InChI=1S/C20H26N2O3S2/c23-15-9-14-16-17(18(15)25-19(14)24)22(11-13-7-4-8-27-13)20(26)21(16)10-12-5-2-1-3-6-12/h4,7-8,12,14-18,23H,1-3,5-6,9-11H2/t14-,15+,16+,17-,18-/m0/s1. The van der Waals surface area contributed by atoms with E-state index in [9.17, 15) is 9.90 Å². The van der Waals surface area contributed by atoms with Crippen molar-refractivity contribution in [1.82, 2.24) is 9.80 Å². The average Bonchev–Trinajstić information content (AvgIpc) is 3.27. The molecule has 3 saturated heterocycles. The van der Waals surface area contributed by atoms with Crippen molar-refractivity contribution < 1.29 is 14.6 Å². The summed E-state index contributed by atoms with van der Waals surface area (Å²) in [5, 5.41) is 13.5. The summed E-state index contributed by atoms with van der Waals surface area (Å²) in [5.41, 5.74) is 0. The SMILES string of the molecule is O=C1O[C@@H]2[C@@H]3[C@@H]([C@@H]1C[C@H]2O)N(CC1CCCCC1)C(=S)N3Cc1cccs1. The van der Waals surface area contributed by atoms with Crippen LogP contribution in [-0.4, -0.2) is 56.8 Å². The Kier molecular flexibility index (Phi) is 4.64. The van der Waals surface area contributed by atoms with E-state index in [1.807, 2.05) is 0 Å². The molecule has 3 aliphatic heterocycles. The minimum Gasteiger partial charge on any atom is -0.457 e. The molecule has 1 N–H and O–H groups in total. The number of carbonyl (C=O) groups excluding carboxylic acids is 1. The second-order valence-corrected chi connectivity index (χ2v) is 9.84. The Bertz CT molecular complexity index is 719. The number of nitrogens with zero attached hydrogens (tertiary/aromatic N) is 2. The van der Waals surface area contributed by atoms with Crippen LogP contribution < -0.4 is 0 Å². The molecule has 6 rings (SSSR count). The number of hydrogen-bond donors (Lipinski definition) is 1. The van der Waals surface area contributed by atoms with Crippen LogP contribution >= 0.6 is 23.6 Å². The molecule has 2 bridgehead atoms. The van der Waals surface area contributed by atoms with Gasteiger partial charge in [0.15, 0.2) is 5.11 Å². The van der Waals surface area contributed by atoms with Crippen LogP contribution in [0.3, 0.4) is 0 Å². The van der Waals surface area contributed by atoms with E-state index in [1.165, 1.54) is 37.0 Å². The van der Waals surface area contributed by atoms with Crippen LogP contribution in [0.4, 0.5) is 0 Å². The minimum atomic E-state index is -0.586. The van der Waals surface area contributed by atoms with Crippen molar-refractivity contribution in [3.63, 3.8) is 0 Å². The lowest BCUT2D eigenvalue weighted by atomic mass is 9.74. The highest BCUT2D eigenvalue weighted by molar-refractivity contribution is 7.80. The summed E-state index contributed by atoms with van der Waals surface area (Å²) in [6.07, 6.45) is 5.88. The lowest BCUT2D eigenvalue weighted by Crippen LogP contribution is -2.66. The molecule has 2 saturated carbocycles. The maximum atomic E-state index is 12.5. The summed E-state index contributed by atoms with van der Waals surface area (Å²) in [5.74, 6) is 0.228. The third kappa shape index (κ3) is 2.98. The van der Waals surface area contributed by atoms with Crippen molar-refractivity contribution in [2.75, 3.05) is 6.54 Å². The lowest BCUT2D eigenvalue weighted by molar-refractivity contribution is -0.199. The Morgan fingerprint density at radius 1 is 1.22 bits per heavy atom. The monoisotopic (exact) mass is 406 g/mol. The van der Waals surface area contributed by atoms with Gasteiger partial charge in [-0.05, 0) is 48.8 Å². The molecule has 1 aromatic rings. The van der Waals surface area contributed by atoms with E-state index in [0.717, 1.165) is 18.2 Å². The van der Waals surface area contributed by atoms with Crippen LogP contribution in [0.1, 0.15) is 43.4 Å². The van der Waals surface area contributed by atoms with Crippen LogP contribution in [0.5, 0.6) is 0 Å². The molecule has 0 unspecified atom stereocenters. The third-order valence-electron chi connectivity index (χ3n) is 6.83. The molecule has 0 amide bonds. The summed E-state index contributed by atoms with van der Waals surface area (Å²) in [6, 6.07) is 4.19. The molecule has 0 spiro atoms. The van der Waals surface area contributed by atoms with E-state index in [2.05, 4.69) is 27.3 Å². The molecule has 0 aromatic carbocycles. The molecular weight excluding hydrogens is 380 g/mol. The van der Waals surface area contributed by atoms with Crippen LogP contribution in [-0.2, 0) is 16.1 Å². The number of ether oxygens (including phenoxy) is 1. The molecule has 146 valence electrons. The smallest absolute Gasteiger partial charge is 0.311 e. The number of aliphatic hydroxyl groups excluding tert-OH is 1. The number of thiocarbonyl (C=S) groups is 1. The van der Waals surface area contributed by atoms with Gasteiger partial charge in [0, 0.05) is 11.4 Å². The van der Waals surface area contributed by atoms with Gasteiger partial charge in [0.05, 0.1) is 30.7 Å². The van der Waals surface area contributed by atoms with Gasteiger partial charge < -0.3 is 19.6 Å². The third-order valence-corrected chi connectivity index (χ3v) is 8.16. The highest BCUT2D eigenvalue weighted by atomic mass is 32.1. The Balaban J connectivity index is 1.46. The van der Waals surface area contributed by atoms with Crippen molar-refractivity contribution in [3.05, 3.63) is 22.4 Å². The van der Waals surface area contributed by atoms with Crippen LogP contribution in [0.25, 0.3) is 0 Å². The maximum Gasteiger partial charge on any atom is 0.311 e. The summed E-state index contributed by atoms with van der Waals surface area (Å²) >= 11 is 7.66. The highest BCUT2D eigenvalue weighted by Gasteiger charge is 2.62. The molecule has 2 aliphatic carbocycles. The largest absolute Gasteiger partial charge is 0.457 e. The number of rotatable bonds is 4. The number of aliphatic hydroxyl groups is 1. The first kappa shape index (κ1) is 17.9. The molecule has 0 radical (unpaired) electrons. The Morgan fingerprint density at radius 3 is 2.78 bits per heavy atom. The van der Waals surface area contributed by atoms with Gasteiger partial charge in [0.2, 0.25) is 0 Å². The van der Waals surface area contributed by atoms with Gasteiger partial charge in [0.1, 0.15) is 6.10 Å². The molecular formula is C20H26N2O3S2. The quantitative estimate of drug-likeness (QED) is 0.613. The second kappa shape index (κ2) is 7.01.